The van der Waals surface area contributed by atoms with Crippen molar-refractivity contribution in [3.05, 3.63) is 68.5 Å². The van der Waals surface area contributed by atoms with Crippen LogP contribution < -0.4 is 4.80 Å². The van der Waals surface area contributed by atoms with Crippen LogP contribution in [0.2, 0.25) is 0 Å². The molecule has 144 valence electrons. The molecule has 7 nitrogen and oxygen atoms in total. The molecule has 4 rings (SSSR count). The Balaban J connectivity index is 1.73. The second kappa shape index (κ2) is 8.35. The van der Waals surface area contributed by atoms with Crippen molar-refractivity contribution < 1.29 is 9.34 Å². The fourth-order valence-electron chi connectivity index (χ4n) is 3.30. The van der Waals surface area contributed by atoms with Crippen molar-refractivity contribution in [1.29, 1.82) is 0 Å². The Hall–Kier alpha value is -3.00. The Morgan fingerprint density at radius 2 is 1.93 bits per heavy atom. The number of benzene rings is 1. The van der Waals surface area contributed by atoms with Crippen LogP contribution in [0.5, 0.6) is 0 Å². The van der Waals surface area contributed by atoms with Gasteiger partial charge in [0.1, 0.15) is 4.92 Å². The van der Waals surface area contributed by atoms with Crippen LogP contribution in [0.15, 0.2) is 62.4 Å². The van der Waals surface area contributed by atoms with Gasteiger partial charge in [-0.05, 0) is 18.9 Å². The van der Waals surface area contributed by atoms with Gasteiger partial charge < -0.3 is 4.42 Å². The second-order valence-electron chi connectivity index (χ2n) is 6.68. The van der Waals surface area contributed by atoms with Crippen LogP contribution >= 0.6 is 11.3 Å². The Bertz CT molecular complexity index is 1040. The minimum atomic E-state index is -0.561. The Morgan fingerprint density at radius 3 is 2.64 bits per heavy atom. The molecule has 0 saturated heterocycles. The van der Waals surface area contributed by atoms with E-state index in [1.807, 2.05) is 35.7 Å². The summed E-state index contributed by atoms with van der Waals surface area (Å²) in [5, 5.41) is 17.4. The number of nitro groups is 1. The van der Waals surface area contributed by atoms with Crippen LogP contribution in [0.25, 0.3) is 11.3 Å². The zero-order valence-corrected chi connectivity index (χ0v) is 16.0. The quantitative estimate of drug-likeness (QED) is 0.351. The minimum absolute atomic E-state index is 0.299. The first-order valence-corrected chi connectivity index (χ1v) is 10.2. The molecular weight excluding hydrogens is 376 g/mol. The number of hydrogen-bond acceptors (Lipinski definition) is 6. The first kappa shape index (κ1) is 18.4. The highest BCUT2D eigenvalue weighted by atomic mass is 32.1. The van der Waals surface area contributed by atoms with Crippen LogP contribution in [0.3, 0.4) is 0 Å². The highest BCUT2D eigenvalue weighted by molar-refractivity contribution is 7.07. The van der Waals surface area contributed by atoms with Gasteiger partial charge in [-0.15, -0.1) is 11.3 Å². The highest BCUT2D eigenvalue weighted by Crippen LogP contribution is 2.22. The molecule has 0 bridgehead atoms. The van der Waals surface area contributed by atoms with E-state index in [1.165, 1.54) is 37.6 Å². The maximum atomic E-state index is 10.8. The third-order valence-corrected chi connectivity index (χ3v) is 5.55. The third kappa shape index (κ3) is 4.12. The van der Waals surface area contributed by atoms with E-state index >= 15 is 0 Å². The van der Waals surface area contributed by atoms with Crippen molar-refractivity contribution in [1.82, 2.24) is 4.68 Å². The summed E-state index contributed by atoms with van der Waals surface area (Å²) >= 11 is 1.55. The predicted octanol–water partition coefficient (Wildman–Crippen LogP) is 4.83. The average Bonchev–Trinajstić information content (AvgIpc) is 3.35. The number of rotatable bonds is 5. The molecule has 28 heavy (non-hydrogen) atoms. The fourth-order valence-corrected chi connectivity index (χ4v) is 4.21. The molecule has 1 fully saturated rings. The summed E-state index contributed by atoms with van der Waals surface area (Å²) in [5.41, 5.74) is 1.96. The lowest BCUT2D eigenvalue weighted by Crippen LogP contribution is -2.18. The van der Waals surface area contributed by atoms with E-state index in [-0.39, 0.29) is 5.88 Å². The summed E-state index contributed by atoms with van der Waals surface area (Å²) in [6.07, 6.45) is 7.40. The summed E-state index contributed by atoms with van der Waals surface area (Å²) in [7, 11) is 0. The average molecular weight is 396 g/mol. The molecule has 0 unspecified atom stereocenters. The van der Waals surface area contributed by atoms with Gasteiger partial charge in [0.25, 0.3) is 0 Å². The van der Waals surface area contributed by atoms with Crippen molar-refractivity contribution in [3.63, 3.8) is 0 Å². The second-order valence-corrected chi connectivity index (χ2v) is 7.52. The zero-order chi connectivity index (χ0) is 19.3. The number of nitrogens with zero attached hydrogens (tertiary/aromatic N) is 4. The normalized spacial score (nSPS) is 16.1. The zero-order valence-electron chi connectivity index (χ0n) is 15.2. The molecule has 0 atom stereocenters. The molecular formula is C20H20N4O3S. The standard InChI is InChI=1S/C20H20N4O3S/c25-24(26)19-12-11-17(27-19)13-21-23-18(15-7-3-1-4-8-15)14-28-20(23)22-16-9-5-2-6-10-16/h1,3-4,7-8,11-14,16H,2,5-6,9-10H2. The summed E-state index contributed by atoms with van der Waals surface area (Å²) < 4.78 is 6.98. The Labute approximate surface area is 165 Å². The van der Waals surface area contributed by atoms with Gasteiger partial charge in [-0.25, -0.2) is 4.68 Å². The maximum absolute atomic E-state index is 10.8. The van der Waals surface area contributed by atoms with Gasteiger partial charge in [0.05, 0.1) is 24.0 Å². The lowest BCUT2D eigenvalue weighted by atomic mass is 9.96. The molecule has 1 aliphatic rings. The van der Waals surface area contributed by atoms with Crippen LogP contribution in [0.4, 0.5) is 5.88 Å². The predicted molar refractivity (Wildman–Crippen MR) is 109 cm³/mol. The van der Waals surface area contributed by atoms with Crippen LogP contribution in [0, 0.1) is 10.1 Å². The Kier molecular flexibility index (Phi) is 5.48. The number of furan rings is 1. The van der Waals surface area contributed by atoms with Crippen molar-refractivity contribution >= 4 is 23.4 Å². The smallest absolute Gasteiger partial charge is 0.400 e. The molecule has 0 N–H and O–H groups in total. The van der Waals surface area contributed by atoms with Gasteiger partial charge in [0, 0.05) is 10.9 Å². The lowest BCUT2D eigenvalue weighted by molar-refractivity contribution is -0.402. The molecule has 1 aliphatic carbocycles. The van der Waals surface area contributed by atoms with Crippen LogP contribution in [-0.4, -0.2) is 21.9 Å². The maximum Gasteiger partial charge on any atom is 0.433 e. The number of aromatic nitrogens is 1. The molecule has 2 heterocycles. The molecule has 1 aromatic carbocycles. The van der Waals surface area contributed by atoms with Gasteiger partial charge in [-0.3, -0.25) is 15.1 Å². The van der Waals surface area contributed by atoms with E-state index < -0.39 is 4.92 Å². The first-order chi connectivity index (χ1) is 13.7. The van der Waals surface area contributed by atoms with Crippen molar-refractivity contribution in [3.8, 4) is 11.3 Å². The molecule has 1 saturated carbocycles. The van der Waals surface area contributed by atoms with Gasteiger partial charge in [-0.2, -0.15) is 5.10 Å². The van der Waals surface area contributed by atoms with Gasteiger partial charge in [-0.1, -0.05) is 49.6 Å². The van der Waals surface area contributed by atoms with E-state index in [9.17, 15) is 10.1 Å². The van der Waals surface area contributed by atoms with Crippen molar-refractivity contribution in [2.75, 3.05) is 0 Å². The summed E-state index contributed by atoms with van der Waals surface area (Å²) in [5.74, 6) is 0.0280. The minimum Gasteiger partial charge on any atom is -0.400 e. The summed E-state index contributed by atoms with van der Waals surface area (Å²) in [6.45, 7) is 0. The molecule has 0 radical (unpaired) electrons. The Morgan fingerprint density at radius 1 is 1.14 bits per heavy atom. The van der Waals surface area contributed by atoms with E-state index in [4.69, 9.17) is 9.41 Å². The van der Waals surface area contributed by atoms with E-state index in [0.717, 1.165) is 28.9 Å². The first-order valence-electron chi connectivity index (χ1n) is 9.29. The largest absolute Gasteiger partial charge is 0.433 e. The fraction of sp³-hybridized carbons (Fsp3) is 0.300. The highest BCUT2D eigenvalue weighted by Gasteiger charge is 2.14. The van der Waals surface area contributed by atoms with Gasteiger partial charge in [0.2, 0.25) is 4.80 Å². The molecule has 8 heteroatoms. The van der Waals surface area contributed by atoms with E-state index in [2.05, 4.69) is 5.10 Å². The van der Waals surface area contributed by atoms with Gasteiger partial charge >= 0.3 is 5.88 Å². The van der Waals surface area contributed by atoms with Crippen molar-refractivity contribution in [2.45, 2.75) is 38.1 Å². The van der Waals surface area contributed by atoms with E-state index in [1.54, 1.807) is 16.0 Å². The molecule has 0 spiro atoms. The SMILES string of the molecule is O=[N+]([O-])c1ccc(C=Nn2c(-c3ccccc3)csc2=NC2CCCCC2)o1. The monoisotopic (exact) mass is 396 g/mol. The molecule has 3 aromatic rings. The summed E-state index contributed by atoms with van der Waals surface area (Å²) in [6, 6.07) is 13.2. The molecule has 2 aromatic heterocycles. The van der Waals surface area contributed by atoms with Crippen molar-refractivity contribution in [2.24, 2.45) is 10.1 Å². The van der Waals surface area contributed by atoms with Crippen LogP contribution in [-0.2, 0) is 0 Å². The van der Waals surface area contributed by atoms with Crippen LogP contribution in [0.1, 0.15) is 37.9 Å². The molecule has 0 amide bonds. The third-order valence-electron chi connectivity index (χ3n) is 4.72. The number of thiazole rings is 1. The topological polar surface area (TPSA) is 85.9 Å². The summed E-state index contributed by atoms with van der Waals surface area (Å²) in [4.78, 5) is 16.0. The van der Waals surface area contributed by atoms with E-state index in [0.29, 0.717) is 11.8 Å². The van der Waals surface area contributed by atoms with Gasteiger partial charge in [0.15, 0.2) is 5.76 Å². The lowest BCUT2D eigenvalue weighted by Gasteiger charge is -2.16. The molecule has 0 aliphatic heterocycles. The number of hydrogen-bond donors (Lipinski definition) is 0.